The van der Waals surface area contributed by atoms with E-state index in [0.717, 1.165) is 31.8 Å². The summed E-state index contributed by atoms with van der Waals surface area (Å²) in [6, 6.07) is 0. The van der Waals surface area contributed by atoms with Crippen LogP contribution in [0.3, 0.4) is 0 Å². The average molecular weight is 159 g/mol. The first-order valence-corrected chi connectivity index (χ1v) is 4.27. The Hall–Kier alpha value is -0.120. The molecule has 0 aromatic heterocycles. The topological polar surface area (TPSA) is 43.7 Å². The molecular weight excluding hydrogens is 142 g/mol. The molecule has 0 saturated carbocycles. The molecule has 0 bridgehead atoms. The quantitative estimate of drug-likeness (QED) is 0.597. The molecule has 0 radical (unpaired) electrons. The lowest BCUT2D eigenvalue weighted by Crippen LogP contribution is -2.42. The minimum atomic E-state index is -0.637. The highest BCUT2D eigenvalue weighted by Crippen LogP contribution is 2.16. The summed E-state index contributed by atoms with van der Waals surface area (Å²) in [5.74, 6) is 0.775. The third-order valence-corrected chi connectivity index (χ3v) is 2.40. The van der Waals surface area contributed by atoms with Crippen molar-refractivity contribution in [1.29, 1.82) is 0 Å². The first-order chi connectivity index (χ1) is 5.24. The lowest BCUT2D eigenvalue weighted by atomic mass is 9.99. The Balaban J connectivity index is 2.27. The van der Waals surface area contributed by atoms with E-state index in [1.165, 1.54) is 0 Å². The van der Waals surface area contributed by atoms with Gasteiger partial charge >= 0.3 is 0 Å². The van der Waals surface area contributed by atoms with Crippen molar-refractivity contribution in [1.82, 2.24) is 4.90 Å². The minimum absolute atomic E-state index is 0.144. The molecule has 0 amide bonds. The zero-order valence-electron chi connectivity index (χ0n) is 7.03. The fourth-order valence-electron chi connectivity index (χ4n) is 1.44. The van der Waals surface area contributed by atoms with E-state index in [2.05, 4.69) is 6.92 Å². The van der Waals surface area contributed by atoms with Gasteiger partial charge in [-0.2, -0.15) is 0 Å². The molecule has 3 heteroatoms. The van der Waals surface area contributed by atoms with Gasteiger partial charge in [0.05, 0.1) is 6.61 Å². The highest BCUT2D eigenvalue weighted by atomic mass is 16.3. The molecule has 0 aromatic rings. The normalized spacial score (nSPS) is 25.4. The van der Waals surface area contributed by atoms with Gasteiger partial charge in [0, 0.05) is 13.1 Å². The SMILES string of the molecule is CC1CCN(C(O)CO)CC1. The highest BCUT2D eigenvalue weighted by molar-refractivity contribution is 4.70. The van der Waals surface area contributed by atoms with Gasteiger partial charge in [0.2, 0.25) is 0 Å². The third-order valence-electron chi connectivity index (χ3n) is 2.40. The molecule has 66 valence electrons. The lowest BCUT2D eigenvalue weighted by Gasteiger charge is -2.32. The molecule has 1 aliphatic heterocycles. The van der Waals surface area contributed by atoms with Crippen molar-refractivity contribution in [3.63, 3.8) is 0 Å². The number of aliphatic hydroxyl groups is 2. The van der Waals surface area contributed by atoms with Crippen LogP contribution in [0.15, 0.2) is 0 Å². The van der Waals surface area contributed by atoms with Crippen molar-refractivity contribution in [2.24, 2.45) is 5.92 Å². The highest BCUT2D eigenvalue weighted by Gasteiger charge is 2.20. The molecule has 1 aliphatic rings. The Labute approximate surface area is 67.6 Å². The summed E-state index contributed by atoms with van der Waals surface area (Å²) in [6.07, 6.45) is 1.64. The van der Waals surface area contributed by atoms with Crippen molar-refractivity contribution in [2.75, 3.05) is 19.7 Å². The summed E-state index contributed by atoms with van der Waals surface area (Å²) in [5, 5.41) is 17.9. The van der Waals surface area contributed by atoms with Crippen LogP contribution in [0, 0.1) is 5.92 Å². The molecular formula is C8H17NO2. The van der Waals surface area contributed by atoms with Gasteiger partial charge in [-0.25, -0.2) is 0 Å². The average Bonchev–Trinajstić information content (AvgIpc) is 2.05. The van der Waals surface area contributed by atoms with Crippen LogP contribution in [0.1, 0.15) is 19.8 Å². The summed E-state index contributed by atoms with van der Waals surface area (Å²) in [4.78, 5) is 1.93. The van der Waals surface area contributed by atoms with Gasteiger partial charge in [0.25, 0.3) is 0 Å². The maximum absolute atomic E-state index is 9.24. The Morgan fingerprint density at radius 3 is 2.45 bits per heavy atom. The van der Waals surface area contributed by atoms with Crippen molar-refractivity contribution in [3.05, 3.63) is 0 Å². The molecule has 1 atom stereocenters. The van der Waals surface area contributed by atoms with Crippen LogP contribution < -0.4 is 0 Å². The summed E-state index contributed by atoms with van der Waals surface area (Å²) >= 11 is 0. The number of piperidine rings is 1. The molecule has 0 aromatic carbocycles. The van der Waals surface area contributed by atoms with Crippen LogP contribution in [-0.2, 0) is 0 Å². The molecule has 2 N–H and O–H groups in total. The number of hydrogen-bond acceptors (Lipinski definition) is 3. The van der Waals surface area contributed by atoms with E-state index in [4.69, 9.17) is 5.11 Å². The van der Waals surface area contributed by atoms with Crippen LogP contribution in [-0.4, -0.2) is 41.0 Å². The molecule has 11 heavy (non-hydrogen) atoms. The molecule has 0 aliphatic carbocycles. The summed E-state index contributed by atoms with van der Waals surface area (Å²) in [6.45, 7) is 3.92. The molecule has 1 heterocycles. The van der Waals surface area contributed by atoms with Gasteiger partial charge in [0.15, 0.2) is 0 Å². The van der Waals surface area contributed by atoms with Gasteiger partial charge in [-0.05, 0) is 18.8 Å². The van der Waals surface area contributed by atoms with E-state index in [1.807, 2.05) is 4.90 Å². The van der Waals surface area contributed by atoms with Crippen molar-refractivity contribution in [3.8, 4) is 0 Å². The fraction of sp³-hybridized carbons (Fsp3) is 1.00. The molecule has 0 spiro atoms. The van der Waals surface area contributed by atoms with E-state index in [9.17, 15) is 5.11 Å². The van der Waals surface area contributed by atoms with Gasteiger partial charge in [-0.1, -0.05) is 6.92 Å². The van der Waals surface area contributed by atoms with E-state index in [-0.39, 0.29) is 6.61 Å². The maximum atomic E-state index is 9.24. The summed E-state index contributed by atoms with van der Waals surface area (Å²) in [5.41, 5.74) is 0. The Kier molecular flexibility index (Phi) is 3.30. The summed E-state index contributed by atoms with van der Waals surface area (Å²) < 4.78 is 0. The number of aliphatic hydroxyl groups excluding tert-OH is 2. The van der Waals surface area contributed by atoms with Gasteiger partial charge in [0.1, 0.15) is 6.23 Å². The van der Waals surface area contributed by atoms with E-state index < -0.39 is 6.23 Å². The monoisotopic (exact) mass is 159 g/mol. The molecule has 1 saturated heterocycles. The molecule has 3 nitrogen and oxygen atoms in total. The van der Waals surface area contributed by atoms with Crippen molar-refractivity contribution >= 4 is 0 Å². The fourth-order valence-corrected chi connectivity index (χ4v) is 1.44. The van der Waals surface area contributed by atoms with Crippen molar-refractivity contribution < 1.29 is 10.2 Å². The zero-order valence-corrected chi connectivity index (χ0v) is 7.03. The largest absolute Gasteiger partial charge is 0.392 e. The number of rotatable bonds is 2. The Morgan fingerprint density at radius 2 is 2.00 bits per heavy atom. The number of likely N-dealkylation sites (tertiary alicyclic amines) is 1. The molecule has 1 rings (SSSR count). The van der Waals surface area contributed by atoms with Gasteiger partial charge in [-0.3, -0.25) is 4.90 Å². The first-order valence-electron chi connectivity index (χ1n) is 4.27. The predicted octanol–water partition coefficient (Wildman–Crippen LogP) is 0.0290. The smallest absolute Gasteiger partial charge is 0.130 e. The minimum Gasteiger partial charge on any atom is -0.392 e. The first kappa shape index (κ1) is 8.97. The second-order valence-electron chi connectivity index (χ2n) is 3.38. The van der Waals surface area contributed by atoms with Crippen LogP contribution in [0.25, 0.3) is 0 Å². The van der Waals surface area contributed by atoms with Gasteiger partial charge in [-0.15, -0.1) is 0 Å². The van der Waals surface area contributed by atoms with Crippen LogP contribution in [0.4, 0.5) is 0 Å². The van der Waals surface area contributed by atoms with Crippen molar-refractivity contribution in [2.45, 2.75) is 26.0 Å². The summed E-state index contributed by atoms with van der Waals surface area (Å²) in [7, 11) is 0. The van der Waals surface area contributed by atoms with Crippen LogP contribution in [0.2, 0.25) is 0 Å². The number of hydrogen-bond donors (Lipinski definition) is 2. The van der Waals surface area contributed by atoms with E-state index >= 15 is 0 Å². The van der Waals surface area contributed by atoms with Crippen LogP contribution in [0.5, 0.6) is 0 Å². The molecule has 1 unspecified atom stereocenters. The third kappa shape index (κ3) is 2.43. The van der Waals surface area contributed by atoms with E-state index in [0.29, 0.717) is 0 Å². The standard InChI is InChI=1S/C8H17NO2/c1-7-2-4-9(5-3-7)8(11)6-10/h7-8,10-11H,2-6H2,1H3. The number of nitrogens with zero attached hydrogens (tertiary/aromatic N) is 1. The molecule has 1 fully saturated rings. The lowest BCUT2D eigenvalue weighted by molar-refractivity contribution is -0.0485. The van der Waals surface area contributed by atoms with E-state index in [1.54, 1.807) is 0 Å². The predicted molar refractivity (Wildman–Crippen MR) is 43.1 cm³/mol. The van der Waals surface area contributed by atoms with Crippen LogP contribution >= 0.6 is 0 Å². The zero-order chi connectivity index (χ0) is 8.27. The Morgan fingerprint density at radius 1 is 1.45 bits per heavy atom. The van der Waals surface area contributed by atoms with Gasteiger partial charge < -0.3 is 10.2 Å². The maximum Gasteiger partial charge on any atom is 0.130 e. The second kappa shape index (κ2) is 4.04. The Bertz CT molecular complexity index is 111. The second-order valence-corrected chi connectivity index (χ2v) is 3.38.